The Bertz CT molecular complexity index is 657. The summed E-state index contributed by atoms with van der Waals surface area (Å²) in [4.78, 5) is 12.2. The monoisotopic (exact) mass is 323 g/mol. The molecule has 1 heterocycles. The molecule has 0 unspecified atom stereocenters. The van der Waals surface area contributed by atoms with E-state index in [0.29, 0.717) is 10.6 Å². The number of amides is 1. The van der Waals surface area contributed by atoms with E-state index in [0.717, 1.165) is 5.56 Å². The molecule has 0 saturated carbocycles. The fourth-order valence-electron chi connectivity index (χ4n) is 2.11. The predicted octanol–water partition coefficient (Wildman–Crippen LogP) is 2.20. The van der Waals surface area contributed by atoms with Crippen molar-refractivity contribution in [2.75, 3.05) is 20.8 Å². The van der Waals surface area contributed by atoms with E-state index in [-0.39, 0.29) is 24.4 Å². The molecule has 1 atom stereocenters. The van der Waals surface area contributed by atoms with Gasteiger partial charge in [0.05, 0.1) is 7.11 Å². The fourth-order valence-corrected chi connectivity index (χ4v) is 2.37. The summed E-state index contributed by atoms with van der Waals surface area (Å²) in [6.07, 6.45) is 1.27. The van der Waals surface area contributed by atoms with E-state index in [1.807, 2.05) is 18.2 Å². The molecule has 0 fully saturated rings. The molecule has 2 aromatic rings. The van der Waals surface area contributed by atoms with E-state index in [9.17, 15) is 4.79 Å². The van der Waals surface area contributed by atoms with E-state index in [1.54, 1.807) is 26.4 Å². The number of hydrogen-bond acceptors (Lipinski definition) is 4. The highest BCUT2D eigenvalue weighted by Crippen LogP contribution is 2.24. The summed E-state index contributed by atoms with van der Waals surface area (Å²) in [5.74, 6) is 0.00534. The third-order valence-electron chi connectivity index (χ3n) is 3.22. The summed E-state index contributed by atoms with van der Waals surface area (Å²) in [6, 6.07) is 7.37. The van der Waals surface area contributed by atoms with Crippen LogP contribution >= 0.6 is 11.6 Å². The van der Waals surface area contributed by atoms with Crippen molar-refractivity contribution in [2.24, 2.45) is 7.05 Å². The van der Waals surface area contributed by atoms with Crippen LogP contribution in [0.2, 0.25) is 5.02 Å². The number of benzene rings is 1. The molecule has 0 aliphatic heterocycles. The van der Waals surface area contributed by atoms with Gasteiger partial charge in [-0.3, -0.25) is 9.48 Å². The van der Waals surface area contributed by atoms with Crippen LogP contribution in [0.25, 0.3) is 0 Å². The Balaban J connectivity index is 2.07. The Labute approximate surface area is 134 Å². The van der Waals surface area contributed by atoms with Gasteiger partial charge in [-0.25, -0.2) is 0 Å². The van der Waals surface area contributed by atoms with Crippen molar-refractivity contribution in [3.8, 4) is 5.88 Å². The van der Waals surface area contributed by atoms with Crippen molar-refractivity contribution in [2.45, 2.75) is 6.10 Å². The summed E-state index contributed by atoms with van der Waals surface area (Å²) in [6.45, 7) is 0.289. The quantitative estimate of drug-likeness (QED) is 0.885. The van der Waals surface area contributed by atoms with Crippen LogP contribution in [0.5, 0.6) is 5.88 Å². The second kappa shape index (κ2) is 7.29. The molecule has 0 saturated heterocycles. The first-order valence-corrected chi connectivity index (χ1v) is 7.07. The first kappa shape index (κ1) is 16.3. The summed E-state index contributed by atoms with van der Waals surface area (Å²) < 4.78 is 12.0. The molecule has 0 aliphatic rings. The Morgan fingerprint density at radius 3 is 2.77 bits per heavy atom. The minimum atomic E-state index is -0.333. The molecule has 0 spiro atoms. The zero-order valence-electron chi connectivity index (χ0n) is 12.7. The second-order valence-corrected chi connectivity index (χ2v) is 5.09. The van der Waals surface area contributed by atoms with Crippen LogP contribution in [0, 0.1) is 0 Å². The summed E-state index contributed by atoms with van der Waals surface area (Å²) >= 11 is 6.16. The van der Waals surface area contributed by atoms with E-state index < -0.39 is 0 Å². The first-order valence-electron chi connectivity index (χ1n) is 6.69. The van der Waals surface area contributed by atoms with Gasteiger partial charge in [0.1, 0.15) is 11.7 Å². The van der Waals surface area contributed by atoms with Crippen molar-refractivity contribution in [1.82, 2.24) is 15.1 Å². The van der Waals surface area contributed by atoms with Gasteiger partial charge >= 0.3 is 0 Å². The fraction of sp³-hybridized carbons (Fsp3) is 0.333. The zero-order valence-corrected chi connectivity index (χ0v) is 13.4. The van der Waals surface area contributed by atoms with Crippen LogP contribution in [0.1, 0.15) is 22.0 Å². The smallest absolute Gasteiger partial charge is 0.258 e. The lowest BCUT2D eigenvalue weighted by Gasteiger charge is -2.17. The van der Waals surface area contributed by atoms with E-state index >= 15 is 0 Å². The third-order valence-corrected chi connectivity index (χ3v) is 3.56. The summed E-state index contributed by atoms with van der Waals surface area (Å²) in [5, 5.41) is 7.46. The van der Waals surface area contributed by atoms with E-state index in [1.165, 1.54) is 11.8 Å². The number of aryl methyl sites for hydroxylation is 1. The number of aromatic nitrogens is 2. The SMILES string of the molecule is COc1nn(C)cc1C(=O)NC[C@@H](OC)c1ccccc1Cl. The molecular formula is C15H18ClN3O3. The maximum atomic E-state index is 12.2. The Hall–Kier alpha value is -2.05. The number of nitrogens with one attached hydrogen (secondary N) is 1. The molecule has 118 valence electrons. The standard InChI is InChI=1S/C15H18ClN3O3/c1-19-9-11(15(18-19)22-3)14(20)17-8-13(21-2)10-6-4-5-7-12(10)16/h4-7,9,13H,8H2,1-3H3,(H,17,20)/t13-/m1/s1. The Morgan fingerprint density at radius 1 is 1.41 bits per heavy atom. The average Bonchev–Trinajstić information content (AvgIpc) is 2.90. The van der Waals surface area contributed by atoms with Crippen LogP contribution < -0.4 is 10.1 Å². The van der Waals surface area contributed by atoms with Gasteiger partial charge in [-0.15, -0.1) is 5.10 Å². The molecule has 1 aromatic heterocycles. The van der Waals surface area contributed by atoms with E-state index in [2.05, 4.69) is 10.4 Å². The lowest BCUT2D eigenvalue weighted by molar-refractivity contribution is 0.0826. The summed E-state index contributed by atoms with van der Waals surface area (Å²) in [7, 11) is 4.77. The topological polar surface area (TPSA) is 65.4 Å². The van der Waals surface area contributed by atoms with Crippen molar-refractivity contribution < 1.29 is 14.3 Å². The molecule has 2 rings (SSSR count). The number of methoxy groups -OCH3 is 2. The number of carbonyl (C=O) groups is 1. The highest BCUT2D eigenvalue weighted by Gasteiger charge is 2.19. The van der Waals surface area contributed by atoms with Gasteiger partial charge < -0.3 is 14.8 Å². The zero-order chi connectivity index (χ0) is 16.1. The molecule has 22 heavy (non-hydrogen) atoms. The molecule has 0 radical (unpaired) electrons. The highest BCUT2D eigenvalue weighted by molar-refractivity contribution is 6.31. The van der Waals surface area contributed by atoms with Crippen LogP contribution in [0.3, 0.4) is 0 Å². The molecule has 0 bridgehead atoms. The van der Waals surface area contributed by atoms with Crippen LogP contribution in [-0.2, 0) is 11.8 Å². The van der Waals surface area contributed by atoms with Crippen molar-refractivity contribution in [3.05, 3.63) is 46.6 Å². The molecule has 1 N–H and O–H groups in total. The van der Waals surface area contributed by atoms with Crippen LogP contribution in [0.15, 0.2) is 30.5 Å². The number of ether oxygens (including phenoxy) is 2. The lowest BCUT2D eigenvalue weighted by Crippen LogP contribution is -2.29. The van der Waals surface area contributed by atoms with Gasteiger partial charge in [-0.2, -0.15) is 0 Å². The van der Waals surface area contributed by atoms with Crippen molar-refractivity contribution in [1.29, 1.82) is 0 Å². The van der Waals surface area contributed by atoms with Gasteiger partial charge in [-0.05, 0) is 6.07 Å². The highest BCUT2D eigenvalue weighted by atomic mass is 35.5. The predicted molar refractivity (Wildman–Crippen MR) is 83.3 cm³/mol. The number of nitrogens with zero attached hydrogens (tertiary/aromatic N) is 2. The molecule has 1 aromatic carbocycles. The lowest BCUT2D eigenvalue weighted by atomic mass is 10.1. The second-order valence-electron chi connectivity index (χ2n) is 4.68. The Kier molecular flexibility index (Phi) is 5.41. The van der Waals surface area contributed by atoms with Crippen molar-refractivity contribution >= 4 is 17.5 Å². The third kappa shape index (κ3) is 3.58. The van der Waals surface area contributed by atoms with E-state index in [4.69, 9.17) is 21.1 Å². The first-order chi connectivity index (χ1) is 10.6. The van der Waals surface area contributed by atoms with Gasteiger partial charge in [0, 0.05) is 37.5 Å². The minimum Gasteiger partial charge on any atom is -0.479 e. The maximum absolute atomic E-state index is 12.2. The maximum Gasteiger partial charge on any atom is 0.258 e. The largest absolute Gasteiger partial charge is 0.479 e. The number of rotatable bonds is 6. The molecule has 0 aliphatic carbocycles. The van der Waals surface area contributed by atoms with Crippen LogP contribution in [0.4, 0.5) is 0 Å². The molecule has 1 amide bonds. The molecule has 7 heteroatoms. The van der Waals surface area contributed by atoms with Crippen LogP contribution in [-0.4, -0.2) is 36.5 Å². The normalized spacial score (nSPS) is 12.0. The number of halogens is 1. The number of carbonyl (C=O) groups excluding carboxylic acids is 1. The Morgan fingerprint density at radius 2 is 2.14 bits per heavy atom. The minimum absolute atomic E-state index is 0.279. The summed E-state index contributed by atoms with van der Waals surface area (Å²) in [5.41, 5.74) is 1.20. The van der Waals surface area contributed by atoms with Gasteiger partial charge in [0.25, 0.3) is 5.91 Å². The van der Waals surface area contributed by atoms with Gasteiger partial charge in [-0.1, -0.05) is 29.8 Å². The van der Waals surface area contributed by atoms with Crippen molar-refractivity contribution in [3.63, 3.8) is 0 Å². The average molecular weight is 324 g/mol. The van der Waals surface area contributed by atoms with Gasteiger partial charge in [0.15, 0.2) is 0 Å². The number of hydrogen-bond donors (Lipinski definition) is 1. The van der Waals surface area contributed by atoms with Gasteiger partial charge in [0.2, 0.25) is 5.88 Å². The molecule has 6 nitrogen and oxygen atoms in total. The molecular weight excluding hydrogens is 306 g/mol.